The van der Waals surface area contributed by atoms with Crippen LogP contribution in [0.5, 0.6) is 5.88 Å². The van der Waals surface area contributed by atoms with E-state index in [9.17, 15) is 21.6 Å². The molecule has 29 heavy (non-hydrogen) atoms. The number of ether oxygens (including phenoxy) is 1. The molecule has 2 aromatic carbocycles. The van der Waals surface area contributed by atoms with Crippen molar-refractivity contribution in [3.8, 4) is 17.1 Å². The number of alkyl halides is 3. The second kappa shape index (κ2) is 8.58. The topological polar surface area (TPSA) is 81.2 Å². The Morgan fingerprint density at radius 1 is 0.931 bits per heavy atom. The van der Waals surface area contributed by atoms with Crippen LogP contribution in [0.15, 0.2) is 71.6 Å². The van der Waals surface area contributed by atoms with E-state index in [1.807, 2.05) is 30.3 Å². The fourth-order valence-electron chi connectivity index (χ4n) is 2.41. The van der Waals surface area contributed by atoms with Crippen LogP contribution >= 0.6 is 0 Å². The first-order chi connectivity index (χ1) is 13.8. The van der Waals surface area contributed by atoms with Crippen molar-refractivity contribution in [2.24, 2.45) is 0 Å². The van der Waals surface area contributed by atoms with Crippen molar-refractivity contribution in [3.05, 3.63) is 72.3 Å². The average Bonchev–Trinajstić information content (AvgIpc) is 2.72. The number of hydrogen-bond acceptors (Lipinski definition) is 5. The fourth-order valence-corrected chi connectivity index (χ4v) is 3.47. The summed E-state index contributed by atoms with van der Waals surface area (Å²) in [7, 11) is -4.11. The third-order valence-corrected chi connectivity index (χ3v) is 5.28. The monoisotopic (exact) mass is 423 g/mol. The lowest BCUT2D eigenvalue weighted by atomic mass is 10.1. The van der Waals surface area contributed by atoms with Gasteiger partial charge in [0.25, 0.3) is 0 Å². The maximum atomic E-state index is 12.7. The Bertz CT molecular complexity index is 1060. The number of halogens is 3. The van der Waals surface area contributed by atoms with Crippen molar-refractivity contribution in [1.82, 2.24) is 14.9 Å². The third kappa shape index (κ3) is 5.52. The van der Waals surface area contributed by atoms with Crippen molar-refractivity contribution >= 4 is 10.0 Å². The molecule has 0 aliphatic carbocycles. The lowest BCUT2D eigenvalue weighted by molar-refractivity contribution is -0.137. The summed E-state index contributed by atoms with van der Waals surface area (Å²) in [5, 5.41) is 7.95. The number of aromatic nitrogens is 2. The zero-order valence-corrected chi connectivity index (χ0v) is 15.7. The van der Waals surface area contributed by atoms with Crippen LogP contribution in [0.2, 0.25) is 0 Å². The van der Waals surface area contributed by atoms with E-state index < -0.39 is 26.7 Å². The SMILES string of the molecule is O=S(=O)(NCCOc1ccc(-c2ccccc2)nn1)c1cccc(C(F)(F)F)c1. The zero-order chi connectivity index (χ0) is 20.9. The normalized spacial score (nSPS) is 12.0. The predicted molar refractivity (Wildman–Crippen MR) is 99.6 cm³/mol. The Balaban J connectivity index is 1.55. The van der Waals surface area contributed by atoms with Gasteiger partial charge >= 0.3 is 6.18 Å². The minimum Gasteiger partial charge on any atom is -0.475 e. The van der Waals surface area contributed by atoms with Crippen LogP contribution in [0, 0.1) is 0 Å². The molecule has 0 saturated carbocycles. The van der Waals surface area contributed by atoms with Crippen molar-refractivity contribution in [2.75, 3.05) is 13.2 Å². The summed E-state index contributed by atoms with van der Waals surface area (Å²) in [6.07, 6.45) is -4.63. The fraction of sp³-hybridized carbons (Fsp3) is 0.158. The van der Waals surface area contributed by atoms with E-state index in [2.05, 4.69) is 14.9 Å². The zero-order valence-electron chi connectivity index (χ0n) is 14.9. The van der Waals surface area contributed by atoms with E-state index in [1.54, 1.807) is 12.1 Å². The summed E-state index contributed by atoms with van der Waals surface area (Å²) in [5.41, 5.74) is 0.508. The molecule has 152 valence electrons. The Morgan fingerprint density at radius 2 is 1.69 bits per heavy atom. The number of rotatable bonds is 7. The summed E-state index contributed by atoms with van der Waals surface area (Å²) < 4.78 is 70.1. The summed E-state index contributed by atoms with van der Waals surface area (Å²) in [6.45, 7) is -0.224. The Kier molecular flexibility index (Phi) is 6.14. The van der Waals surface area contributed by atoms with Gasteiger partial charge in [-0.1, -0.05) is 36.4 Å². The standard InChI is InChI=1S/C19H16F3N3O3S/c20-19(21,22)15-7-4-8-16(13-15)29(26,27)23-11-12-28-18-10-9-17(24-25-18)14-5-2-1-3-6-14/h1-10,13,23H,11-12H2. The van der Waals surface area contributed by atoms with Crippen molar-refractivity contribution in [2.45, 2.75) is 11.1 Å². The van der Waals surface area contributed by atoms with Gasteiger partial charge in [0.15, 0.2) is 0 Å². The quantitative estimate of drug-likeness (QED) is 0.588. The summed E-state index contributed by atoms with van der Waals surface area (Å²) in [6, 6.07) is 16.2. The molecule has 0 amide bonds. The highest BCUT2D eigenvalue weighted by atomic mass is 32.2. The van der Waals surface area contributed by atoms with Crippen LogP contribution in [-0.4, -0.2) is 31.8 Å². The first kappa shape index (κ1) is 20.7. The molecule has 3 rings (SSSR count). The van der Waals surface area contributed by atoms with Gasteiger partial charge in [0, 0.05) is 18.2 Å². The molecule has 10 heteroatoms. The molecular formula is C19H16F3N3O3S. The van der Waals surface area contributed by atoms with Crippen molar-refractivity contribution in [1.29, 1.82) is 0 Å². The number of nitrogens with zero attached hydrogens (tertiary/aromatic N) is 2. The van der Waals surface area contributed by atoms with Crippen LogP contribution in [0.4, 0.5) is 13.2 Å². The van der Waals surface area contributed by atoms with E-state index in [-0.39, 0.29) is 19.0 Å². The first-order valence-electron chi connectivity index (χ1n) is 8.44. The minimum absolute atomic E-state index is 0.0719. The molecule has 0 bridgehead atoms. The van der Waals surface area contributed by atoms with Crippen LogP contribution in [0.1, 0.15) is 5.56 Å². The molecule has 0 unspecified atom stereocenters. The third-order valence-electron chi connectivity index (χ3n) is 3.83. The summed E-state index contributed by atoms with van der Waals surface area (Å²) >= 11 is 0. The predicted octanol–water partition coefficient (Wildman–Crippen LogP) is 3.52. The van der Waals surface area contributed by atoms with Gasteiger partial charge in [-0.05, 0) is 24.3 Å². The van der Waals surface area contributed by atoms with Crippen molar-refractivity contribution in [3.63, 3.8) is 0 Å². The molecule has 1 heterocycles. The van der Waals surface area contributed by atoms with Gasteiger partial charge in [0.1, 0.15) is 6.61 Å². The maximum absolute atomic E-state index is 12.7. The summed E-state index contributed by atoms with van der Waals surface area (Å²) in [4.78, 5) is -0.473. The van der Waals surface area contributed by atoms with Gasteiger partial charge in [-0.2, -0.15) is 13.2 Å². The highest BCUT2D eigenvalue weighted by molar-refractivity contribution is 7.89. The van der Waals surface area contributed by atoms with E-state index >= 15 is 0 Å². The van der Waals surface area contributed by atoms with Crippen LogP contribution in [-0.2, 0) is 16.2 Å². The molecule has 0 aliphatic rings. The molecule has 0 atom stereocenters. The second-order valence-corrected chi connectivity index (χ2v) is 7.66. The lowest BCUT2D eigenvalue weighted by Crippen LogP contribution is -2.28. The van der Waals surface area contributed by atoms with Gasteiger partial charge in [-0.15, -0.1) is 10.2 Å². The Morgan fingerprint density at radius 3 is 2.34 bits per heavy atom. The molecule has 3 aromatic rings. The minimum atomic E-state index is -4.63. The average molecular weight is 423 g/mol. The molecule has 0 saturated heterocycles. The van der Waals surface area contributed by atoms with Gasteiger partial charge in [0.2, 0.25) is 15.9 Å². The van der Waals surface area contributed by atoms with Crippen LogP contribution < -0.4 is 9.46 Å². The molecule has 0 spiro atoms. The highest BCUT2D eigenvalue weighted by Crippen LogP contribution is 2.30. The lowest BCUT2D eigenvalue weighted by Gasteiger charge is -2.10. The molecule has 1 aromatic heterocycles. The number of sulfonamides is 1. The number of nitrogens with one attached hydrogen (secondary N) is 1. The molecule has 0 radical (unpaired) electrons. The van der Waals surface area contributed by atoms with Crippen molar-refractivity contribution < 1.29 is 26.3 Å². The van der Waals surface area contributed by atoms with E-state index in [0.29, 0.717) is 11.8 Å². The smallest absolute Gasteiger partial charge is 0.416 e. The van der Waals surface area contributed by atoms with Gasteiger partial charge in [0.05, 0.1) is 16.2 Å². The van der Waals surface area contributed by atoms with E-state index in [4.69, 9.17) is 4.74 Å². The van der Waals surface area contributed by atoms with Gasteiger partial charge in [-0.3, -0.25) is 0 Å². The van der Waals surface area contributed by atoms with Gasteiger partial charge < -0.3 is 4.74 Å². The maximum Gasteiger partial charge on any atom is 0.416 e. The highest BCUT2D eigenvalue weighted by Gasteiger charge is 2.31. The second-order valence-electron chi connectivity index (χ2n) is 5.89. The Hall–Kier alpha value is -2.98. The molecule has 0 aliphatic heterocycles. The Labute approximate surface area is 165 Å². The van der Waals surface area contributed by atoms with Gasteiger partial charge in [-0.25, -0.2) is 13.1 Å². The van der Waals surface area contributed by atoms with Crippen LogP contribution in [0.3, 0.4) is 0 Å². The van der Waals surface area contributed by atoms with Crippen LogP contribution in [0.25, 0.3) is 11.3 Å². The molecule has 1 N–H and O–H groups in total. The molecule has 6 nitrogen and oxygen atoms in total. The molecule has 0 fully saturated rings. The number of benzene rings is 2. The number of hydrogen-bond donors (Lipinski definition) is 1. The van der Waals surface area contributed by atoms with E-state index in [1.165, 1.54) is 0 Å². The first-order valence-corrected chi connectivity index (χ1v) is 9.93. The molecular weight excluding hydrogens is 407 g/mol. The van der Waals surface area contributed by atoms with E-state index in [0.717, 1.165) is 23.8 Å². The summed E-state index contributed by atoms with van der Waals surface area (Å²) in [5.74, 6) is 0.197. The largest absolute Gasteiger partial charge is 0.475 e.